The zero-order valence-electron chi connectivity index (χ0n) is 11.4. The van der Waals surface area contributed by atoms with Crippen molar-refractivity contribution in [3.8, 4) is 0 Å². The van der Waals surface area contributed by atoms with Crippen molar-refractivity contribution in [2.75, 3.05) is 0 Å². The van der Waals surface area contributed by atoms with Crippen LogP contribution in [-0.2, 0) is 13.5 Å². The van der Waals surface area contributed by atoms with Crippen LogP contribution in [0.1, 0.15) is 41.1 Å². The fourth-order valence-electron chi connectivity index (χ4n) is 2.29. The molecular weight excluding hydrogens is 224 g/mol. The number of aryl methyl sites for hydroxylation is 3. The summed E-state index contributed by atoms with van der Waals surface area (Å²) in [4.78, 5) is 0. The molecule has 0 bridgehead atoms. The molecule has 2 rings (SSSR count). The Kier molecular flexibility index (Phi) is 3.53. The van der Waals surface area contributed by atoms with Crippen LogP contribution >= 0.6 is 0 Å². The number of aromatic nitrogens is 2. The molecule has 1 atom stereocenters. The second kappa shape index (κ2) is 4.94. The molecular formula is C15H20N2O. The van der Waals surface area contributed by atoms with E-state index in [0.717, 1.165) is 28.9 Å². The predicted molar refractivity (Wildman–Crippen MR) is 72.6 cm³/mol. The van der Waals surface area contributed by atoms with Crippen molar-refractivity contribution in [3.05, 3.63) is 52.3 Å². The van der Waals surface area contributed by atoms with Gasteiger partial charge in [0.15, 0.2) is 0 Å². The van der Waals surface area contributed by atoms with E-state index in [1.54, 1.807) is 0 Å². The van der Waals surface area contributed by atoms with Crippen LogP contribution < -0.4 is 0 Å². The molecule has 0 fully saturated rings. The van der Waals surface area contributed by atoms with E-state index in [2.05, 4.69) is 24.2 Å². The molecule has 1 heterocycles. The first-order chi connectivity index (χ1) is 8.54. The molecule has 3 heteroatoms. The zero-order chi connectivity index (χ0) is 13.3. The van der Waals surface area contributed by atoms with Gasteiger partial charge < -0.3 is 5.11 Å². The van der Waals surface area contributed by atoms with Crippen LogP contribution in [0.25, 0.3) is 0 Å². The van der Waals surface area contributed by atoms with Gasteiger partial charge in [0.05, 0.1) is 5.69 Å². The largest absolute Gasteiger partial charge is 0.384 e. The van der Waals surface area contributed by atoms with Gasteiger partial charge in [-0.15, -0.1) is 0 Å². The van der Waals surface area contributed by atoms with Crippen LogP contribution in [0.4, 0.5) is 0 Å². The Balaban J connectivity index is 2.37. The molecule has 1 aromatic carbocycles. The quantitative estimate of drug-likeness (QED) is 0.901. The second-order valence-electron chi connectivity index (χ2n) is 4.71. The highest BCUT2D eigenvalue weighted by atomic mass is 16.3. The monoisotopic (exact) mass is 244 g/mol. The van der Waals surface area contributed by atoms with Crippen LogP contribution in [0.2, 0.25) is 0 Å². The molecule has 0 aliphatic rings. The van der Waals surface area contributed by atoms with E-state index in [9.17, 15) is 5.11 Å². The van der Waals surface area contributed by atoms with Crippen molar-refractivity contribution < 1.29 is 5.11 Å². The lowest BCUT2D eigenvalue weighted by Gasteiger charge is -2.12. The number of hydrogen-bond donors (Lipinski definition) is 1. The summed E-state index contributed by atoms with van der Waals surface area (Å²) >= 11 is 0. The Hall–Kier alpha value is -1.61. The fraction of sp³-hybridized carbons (Fsp3) is 0.400. The number of nitrogens with zero attached hydrogens (tertiary/aromatic N) is 2. The third-order valence-corrected chi connectivity index (χ3v) is 3.54. The highest BCUT2D eigenvalue weighted by Crippen LogP contribution is 2.27. The maximum atomic E-state index is 10.5. The lowest BCUT2D eigenvalue weighted by atomic mass is 9.98. The number of benzene rings is 1. The minimum absolute atomic E-state index is 0.593. The van der Waals surface area contributed by atoms with Crippen LogP contribution in [0.3, 0.4) is 0 Å². The Labute approximate surface area is 108 Å². The molecule has 0 amide bonds. The molecule has 0 radical (unpaired) electrons. The Bertz CT molecular complexity index is 540. The van der Waals surface area contributed by atoms with Gasteiger partial charge in [0, 0.05) is 18.3 Å². The lowest BCUT2D eigenvalue weighted by molar-refractivity contribution is 0.218. The van der Waals surface area contributed by atoms with Gasteiger partial charge in [-0.3, -0.25) is 4.68 Å². The topological polar surface area (TPSA) is 38.1 Å². The van der Waals surface area contributed by atoms with Gasteiger partial charge >= 0.3 is 0 Å². The highest BCUT2D eigenvalue weighted by Gasteiger charge is 2.19. The van der Waals surface area contributed by atoms with Gasteiger partial charge in [-0.2, -0.15) is 5.10 Å². The first kappa shape index (κ1) is 12.8. The summed E-state index contributed by atoms with van der Waals surface area (Å²) in [6.07, 6.45) is 0.422. The standard InChI is InChI=1S/C15H20N2O/c1-5-12-6-8-13(9-7-12)15(18)14-10(2)16-17(4)11(14)3/h6-9,15,18H,5H2,1-4H3. The average molecular weight is 244 g/mol. The lowest BCUT2D eigenvalue weighted by Crippen LogP contribution is -2.03. The van der Waals surface area contributed by atoms with Crippen LogP contribution in [0.5, 0.6) is 0 Å². The van der Waals surface area contributed by atoms with Crippen LogP contribution in [-0.4, -0.2) is 14.9 Å². The summed E-state index contributed by atoms with van der Waals surface area (Å²) in [5, 5.41) is 14.8. The number of aliphatic hydroxyl groups excluding tert-OH is 1. The summed E-state index contributed by atoms with van der Waals surface area (Å²) in [6.45, 7) is 6.05. The third kappa shape index (κ3) is 2.18. The van der Waals surface area contributed by atoms with Crippen LogP contribution in [0, 0.1) is 13.8 Å². The molecule has 1 aromatic heterocycles. The predicted octanol–water partition coefficient (Wildman–Crippen LogP) is 2.68. The molecule has 2 aromatic rings. The first-order valence-corrected chi connectivity index (χ1v) is 6.31. The molecule has 0 aliphatic carbocycles. The van der Waals surface area contributed by atoms with E-state index in [0.29, 0.717) is 0 Å². The van der Waals surface area contributed by atoms with Gasteiger partial charge in [0.25, 0.3) is 0 Å². The maximum absolute atomic E-state index is 10.5. The molecule has 1 N–H and O–H groups in total. The fourth-order valence-corrected chi connectivity index (χ4v) is 2.29. The van der Waals surface area contributed by atoms with E-state index in [4.69, 9.17) is 0 Å². The van der Waals surface area contributed by atoms with Crippen molar-refractivity contribution in [1.29, 1.82) is 0 Å². The average Bonchev–Trinajstić information content (AvgIpc) is 2.63. The maximum Gasteiger partial charge on any atom is 0.108 e. The van der Waals surface area contributed by atoms with Crippen LogP contribution in [0.15, 0.2) is 24.3 Å². The van der Waals surface area contributed by atoms with E-state index in [-0.39, 0.29) is 0 Å². The minimum atomic E-state index is -0.593. The summed E-state index contributed by atoms with van der Waals surface area (Å²) in [6, 6.07) is 8.13. The third-order valence-electron chi connectivity index (χ3n) is 3.54. The number of rotatable bonds is 3. The molecule has 0 spiro atoms. The van der Waals surface area contributed by atoms with Crippen molar-refractivity contribution in [3.63, 3.8) is 0 Å². The van der Waals surface area contributed by atoms with Crippen molar-refractivity contribution in [2.45, 2.75) is 33.3 Å². The molecule has 0 saturated heterocycles. The SMILES string of the molecule is CCc1ccc(C(O)c2c(C)nn(C)c2C)cc1. The Morgan fingerprint density at radius 1 is 1.22 bits per heavy atom. The second-order valence-corrected chi connectivity index (χ2v) is 4.71. The summed E-state index contributed by atoms with van der Waals surface area (Å²) in [5.41, 5.74) is 5.03. The number of aliphatic hydroxyl groups is 1. The molecule has 96 valence electrons. The van der Waals surface area contributed by atoms with Gasteiger partial charge in [-0.25, -0.2) is 0 Å². The normalized spacial score (nSPS) is 12.7. The number of hydrogen-bond acceptors (Lipinski definition) is 2. The summed E-state index contributed by atoms with van der Waals surface area (Å²) < 4.78 is 1.81. The van der Waals surface area contributed by atoms with Crippen molar-refractivity contribution in [2.24, 2.45) is 7.05 Å². The van der Waals surface area contributed by atoms with Crippen molar-refractivity contribution >= 4 is 0 Å². The van der Waals surface area contributed by atoms with Gasteiger partial charge in [0.1, 0.15) is 6.10 Å². The smallest absolute Gasteiger partial charge is 0.108 e. The highest BCUT2D eigenvalue weighted by molar-refractivity contribution is 5.36. The summed E-state index contributed by atoms with van der Waals surface area (Å²) in [7, 11) is 1.90. The molecule has 1 unspecified atom stereocenters. The Morgan fingerprint density at radius 3 is 2.28 bits per heavy atom. The van der Waals surface area contributed by atoms with Gasteiger partial charge in [-0.05, 0) is 31.4 Å². The van der Waals surface area contributed by atoms with Gasteiger partial charge in [0.2, 0.25) is 0 Å². The zero-order valence-corrected chi connectivity index (χ0v) is 11.4. The van der Waals surface area contributed by atoms with Crippen molar-refractivity contribution in [1.82, 2.24) is 9.78 Å². The molecule has 0 aliphatic heterocycles. The molecule has 3 nitrogen and oxygen atoms in total. The molecule has 18 heavy (non-hydrogen) atoms. The van der Waals surface area contributed by atoms with E-state index >= 15 is 0 Å². The molecule has 0 saturated carbocycles. The van der Waals surface area contributed by atoms with E-state index in [1.165, 1.54) is 5.56 Å². The summed E-state index contributed by atoms with van der Waals surface area (Å²) in [5.74, 6) is 0. The van der Waals surface area contributed by atoms with E-state index < -0.39 is 6.10 Å². The minimum Gasteiger partial charge on any atom is -0.384 e. The van der Waals surface area contributed by atoms with Gasteiger partial charge in [-0.1, -0.05) is 31.2 Å². The Morgan fingerprint density at radius 2 is 1.83 bits per heavy atom. The van der Waals surface area contributed by atoms with E-state index in [1.807, 2.05) is 37.7 Å². The first-order valence-electron chi connectivity index (χ1n) is 6.31.